The highest BCUT2D eigenvalue weighted by Gasteiger charge is 2.14. The fraction of sp³-hybridized carbons (Fsp3) is 0.0667. The van der Waals surface area contributed by atoms with Crippen molar-refractivity contribution in [1.29, 1.82) is 0 Å². The van der Waals surface area contributed by atoms with Crippen molar-refractivity contribution in [2.45, 2.75) is 6.42 Å². The standard InChI is InChI=1S/C15H12N2O3/c18-9-5-6-10(13(19)7-9)14(20)8-15-16-11-3-1-2-4-12(11)17-15/h1-7,18-19H,8H2,(H,16,17). The molecular formula is C15H12N2O3. The van der Waals surface area contributed by atoms with Crippen LogP contribution in [0, 0.1) is 0 Å². The van der Waals surface area contributed by atoms with Crippen molar-refractivity contribution < 1.29 is 15.0 Å². The molecular weight excluding hydrogens is 256 g/mol. The number of hydrogen-bond donors (Lipinski definition) is 3. The minimum absolute atomic E-state index is 0.0625. The highest BCUT2D eigenvalue weighted by atomic mass is 16.3. The Bertz CT molecular complexity index is 760. The van der Waals surface area contributed by atoms with Crippen LogP contribution < -0.4 is 0 Å². The smallest absolute Gasteiger partial charge is 0.174 e. The summed E-state index contributed by atoms with van der Waals surface area (Å²) in [7, 11) is 0. The van der Waals surface area contributed by atoms with Gasteiger partial charge >= 0.3 is 0 Å². The maximum absolute atomic E-state index is 12.1. The minimum atomic E-state index is -0.262. The van der Waals surface area contributed by atoms with Crippen LogP contribution in [0.25, 0.3) is 11.0 Å². The molecule has 0 aliphatic rings. The van der Waals surface area contributed by atoms with Crippen LogP contribution in [0.15, 0.2) is 42.5 Å². The van der Waals surface area contributed by atoms with Gasteiger partial charge in [0.05, 0.1) is 23.0 Å². The van der Waals surface area contributed by atoms with Crippen LogP contribution in [0.4, 0.5) is 0 Å². The molecule has 3 rings (SSSR count). The number of carbonyl (C=O) groups excluding carboxylic acids is 1. The molecule has 0 saturated carbocycles. The normalized spacial score (nSPS) is 10.8. The fourth-order valence-electron chi connectivity index (χ4n) is 2.09. The van der Waals surface area contributed by atoms with Gasteiger partial charge in [-0.15, -0.1) is 0 Å². The molecule has 0 aliphatic carbocycles. The van der Waals surface area contributed by atoms with E-state index in [-0.39, 0.29) is 29.3 Å². The number of phenolic OH excluding ortho intramolecular Hbond substituents is 2. The number of nitrogens with one attached hydrogen (secondary N) is 1. The van der Waals surface area contributed by atoms with E-state index in [1.807, 2.05) is 24.3 Å². The molecule has 5 nitrogen and oxygen atoms in total. The van der Waals surface area contributed by atoms with E-state index in [0.717, 1.165) is 17.1 Å². The molecule has 0 atom stereocenters. The minimum Gasteiger partial charge on any atom is -0.508 e. The number of aromatic hydroxyl groups is 2. The van der Waals surface area contributed by atoms with Gasteiger partial charge in [0, 0.05) is 6.07 Å². The first-order valence-corrected chi connectivity index (χ1v) is 6.12. The molecule has 1 heterocycles. The summed E-state index contributed by atoms with van der Waals surface area (Å²) in [5, 5.41) is 18.9. The third kappa shape index (κ3) is 2.21. The van der Waals surface area contributed by atoms with Crippen molar-refractivity contribution in [1.82, 2.24) is 9.97 Å². The van der Waals surface area contributed by atoms with Crippen LogP contribution in [0.3, 0.4) is 0 Å². The predicted octanol–water partition coefficient (Wildman–Crippen LogP) is 2.40. The van der Waals surface area contributed by atoms with E-state index in [9.17, 15) is 15.0 Å². The van der Waals surface area contributed by atoms with Crippen LogP contribution >= 0.6 is 0 Å². The number of fused-ring (bicyclic) bond motifs is 1. The number of para-hydroxylation sites is 2. The number of imidazole rings is 1. The fourth-order valence-corrected chi connectivity index (χ4v) is 2.09. The SMILES string of the molecule is O=C(Cc1nc2ccccc2[nH]1)c1ccc(O)cc1O. The van der Waals surface area contributed by atoms with Crippen molar-refractivity contribution in [3.8, 4) is 11.5 Å². The second-order valence-electron chi connectivity index (χ2n) is 4.50. The van der Waals surface area contributed by atoms with Crippen molar-refractivity contribution in [2.24, 2.45) is 0 Å². The molecule has 0 fully saturated rings. The molecule has 0 spiro atoms. The first kappa shape index (κ1) is 12.2. The maximum atomic E-state index is 12.1. The van der Waals surface area contributed by atoms with E-state index in [1.54, 1.807) is 0 Å². The number of aromatic nitrogens is 2. The summed E-state index contributed by atoms with van der Waals surface area (Å²) in [6.07, 6.45) is 0.0625. The highest BCUT2D eigenvalue weighted by Crippen LogP contribution is 2.24. The Hall–Kier alpha value is -2.82. The number of benzene rings is 2. The van der Waals surface area contributed by atoms with Crippen molar-refractivity contribution >= 4 is 16.8 Å². The Labute approximate surface area is 114 Å². The number of rotatable bonds is 3. The van der Waals surface area contributed by atoms with Gasteiger partial charge in [-0.05, 0) is 24.3 Å². The van der Waals surface area contributed by atoms with E-state index in [2.05, 4.69) is 9.97 Å². The summed E-state index contributed by atoms with van der Waals surface area (Å²) >= 11 is 0. The van der Waals surface area contributed by atoms with E-state index in [4.69, 9.17) is 0 Å². The number of ketones is 1. The van der Waals surface area contributed by atoms with Crippen molar-refractivity contribution in [2.75, 3.05) is 0 Å². The first-order chi connectivity index (χ1) is 9.63. The van der Waals surface area contributed by atoms with Gasteiger partial charge < -0.3 is 15.2 Å². The topological polar surface area (TPSA) is 86.2 Å². The van der Waals surface area contributed by atoms with E-state index < -0.39 is 0 Å². The number of hydrogen-bond acceptors (Lipinski definition) is 4. The Morgan fingerprint density at radius 1 is 1.15 bits per heavy atom. The highest BCUT2D eigenvalue weighted by molar-refractivity contribution is 6.00. The Morgan fingerprint density at radius 3 is 2.70 bits per heavy atom. The molecule has 0 unspecified atom stereocenters. The molecule has 2 aromatic carbocycles. The molecule has 20 heavy (non-hydrogen) atoms. The summed E-state index contributed by atoms with van der Waals surface area (Å²) in [6.45, 7) is 0. The zero-order valence-electron chi connectivity index (χ0n) is 10.5. The average Bonchev–Trinajstić information content (AvgIpc) is 2.80. The zero-order valence-corrected chi connectivity index (χ0v) is 10.5. The van der Waals surface area contributed by atoms with Gasteiger partial charge in [0.15, 0.2) is 5.78 Å². The van der Waals surface area contributed by atoms with Crippen molar-refractivity contribution in [3.05, 3.63) is 53.9 Å². The predicted molar refractivity (Wildman–Crippen MR) is 73.9 cm³/mol. The summed E-state index contributed by atoms with van der Waals surface area (Å²) in [4.78, 5) is 19.5. The molecule has 3 N–H and O–H groups in total. The Morgan fingerprint density at radius 2 is 1.95 bits per heavy atom. The van der Waals surface area contributed by atoms with Crippen molar-refractivity contribution in [3.63, 3.8) is 0 Å². The summed E-state index contributed by atoms with van der Waals surface area (Å²) in [5.41, 5.74) is 1.83. The van der Waals surface area contributed by atoms with Gasteiger partial charge in [0.25, 0.3) is 0 Å². The number of nitrogens with zero attached hydrogens (tertiary/aromatic N) is 1. The van der Waals surface area contributed by atoms with Crippen LogP contribution in [0.5, 0.6) is 11.5 Å². The Balaban J connectivity index is 1.88. The average molecular weight is 268 g/mol. The summed E-state index contributed by atoms with van der Waals surface area (Å²) < 4.78 is 0. The number of aromatic amines is 1. The van der Waals surface area contributed by atoms with Gasteiger partial charge in [-0.3, -0.25) is 4.79 Å². The number of Topliss-reactive ketones (excluding diaryl/α,β-unsaturated/α-hetero) is 1. The summed E-state index contributed by atoms with van der Waals surface area (Å²) in [5.74, 6) is -0.0286. The summed E-state index contributed by atoms with van der Waals surface area (Å²) in [6, 6.07) is 11.4. The van der Waals surface area contributed by atoms with Crippen LogP contribution in [0.2, 0.25) is 0 Å². The Kier molecular flexibility index (Phi) is 2.87. The molecule has 3 aromatic rings. The van der Waals surface area contributed by atoms with Gasteiger partial charge in [0.1, 0.15) is 17.3 Å². The molecule has 0 radical (unpaired) electrons. The molecule has 0 amide bonds. The van der Waals surface area contributed by atoms with Crippen LogP contribution in [-0.4, -0.2) is 26.0 Å². The maximum Gasteiger partial charge on any atom is 0.174 e. The molecule has 1 aromatic heterocycles. The van der Waals surface area contributed by atoms with Gasteiger partial charge in [-0.2, -0.15) is 0 Å². The molecule has 0 bridgehead atoms. The lowest BCUT2D eigenvalue weighted by Crippen LogP contribution is -2.05. The second-order valence-corrected chi connectivity index (χ2v) is 4.50. The lowest BCUT2D eigenvalue weighted by atomic mass is 10.1. The zero-order chi connectivity index (χ0) is 14.1. The number of H-pyrrole nitrogens is 1. The van der Waals surface area contributed by atoms with Gasteiger partial charge in [-0.1, -0.05) is 12.1 Å². The van der Waals surface area contributed by atoms with Crippen LogP contribution in [0.1, 0.15) is 16.2 Å². The number of phenols is 2. The van der Waals surface area contributed by atoms with E-state index >= 15 is 0 Å². The van der Waals surface area contributed by atoms with Gasteiger partial charge in [-0.25, -0.2) is 4.98 Å². The first-order valence-electron chi connectivity index (χ1n) is 6.12. The molecule has 100 valence electrons. The third-order valence-corrected chi connectivity index (χ3v) is 3.05. The van der Waals surface area contributed by atoms with E-state index in [1.165, 1.54) is 12.1 Å². The second kappa shape index (κ2) is 4.70. The molecule has 0 aliphatic heterocycles. The molecule has 5 heteroatoms. The lowest BCUT2D eigenvalue weighted by Gasteiger charge is -2.02. The quantitative estimate of drug-likeness (QED) is 0.637. The van der Waals surface area contributed by atoms with E-state index in [0.29, 0.717) is 5.82 Å². The third-order valence-electron chi connectivity index (χ3n) is 3.05. The molecule has 0 saturated heterocycles. The van der Waals surface area contributed by atoms with Gasteiger partial charge in [0.2, 0.25) is 0 Å². The number of carbonyl (C=O) groups is 1. The largest absolute Gasteiger partial charge is 0.508 e. The lowest BCUT2D eigenvalue weighted by molar-refractivity contribution is 0.0988. The monoisotopic (exact) mass is 268 g/mol. The van der Waals surface area contributed by atoms with Crippen LogP contribution in [-0.2, 0) is 6.42 Å².